The Labute approximate surface area is 345 Å². The summed E-state index contributed by atoms with van der Waals surface area (Å²) in [6.07, 6.45) is 54.1. The van der Waals surface area contributed by atoms with E-state index in [1.54, 1.807) is 0 Å². The van der Waals surface area contributed by atoms with E-state index in [9.17, 15) is 20.1 Å². The van der Waals surface area contributed by atoms with Crippen molar-refractivity contribution < 1.29 is 20.1 Å². The number of hydrogen-bond acceptors (Lipinski definition) is 4. The van der Waals surface area contributed by atoms with Gasteiger partial charge in [-0.1, -0.05) is 277 Å². The van der Waals surface area contributed by atoms with Gasteiger partial charge in [0.25, 0.3) is 0 Å². The molecule has 0 aliphatic carbocycles. The topological polar surface area (TPSA) is 89.8 Å². The summed E-state index contributed by atoms with van der Waals surface area (Å²) in [5, 5.41) is 33.5. The second-order valence-corrected chi connectivity index (χ2v) is 17.7. The summed E-state index contributed by atoms with van der Waals surface area (Å²) in [5.74, 6) is -0.464. The maximum atomic E-state index is 12.5. The van der Waals surface area contributed by atoms with Gasteiger partial charge in [0.15, 0.2) is 0 Å². The van der Waals surface area contributed by atoms with E-state index in [2.05, 4.69) is 19.2 Å². The summed E-state index contributed by atoms with van der Waals surface area (Å²) in [6, 6.07) is -0.706. The van der Waals surface area contributed by atoms with E-state index < -0.39 is 24.2 Å². The number of unbranched alkanes of at least 4 members (excludes halogenated alkanes) is 39. The summed E-state index contributed by atoms with van der Waals surface area (Å²) < 4.78 is 0. The summed E-state index contributed by atoms with van der Waals surface area (Å²) >= 11 is 0. The molecule has 0 saturated carbocycles. The molecule has 4 N–H and O–H groups in total. The molecular weight excluding hydrogens is 679 g/mol. The Hall–Kier alpha value is -0.650. The summed E-state index contributed by atoms with van der Waals surface area (Å²) in [7, 11) is 0. The van der Waals surface area contributed by atoms with Crippen LogP contribution in [-0.4, -0.2) is 46.1 Å². The molecule has 0 heterocycles. The molecule has 330 valence electrons. The van der Waals surface area contributed by atoms with Crippen molar-refractivity contribution in [3.05, 3.63) is 0 Å². The van der Waals surface area contributed by atoms with E-state index in [0.717, 1.165) is 32.1 Å². The average Bonchev–Trinajstić information content (AvgIpc) is 3.19. The fourth-order valence-corrected chi connectivity index (χ4v) is 8.25. The molecule has 0 aliphatic heterocycles. The van der Waals surface area contributed by atoms with E-state index in [4.69, 9.17) is 0 Å². The maximum absolute atomic E-state index is 12.5. The van der Waals surface area contributed by atoms with Crippen LogP contribution >= 0.6 is 0 Å². The van der Waals surface area contributed by atoms with Gasteiger partial charge in [-0.25, -0.2) is 0 Å². The molecule has 5 nitrogen and oxygen atoms in total. The smallest absolute Gasteiger partial charge is 0.249 e. The molecular formula is C50H101NO4. The summed E-state index contributed by atoms with van der Waals surface area (Å²) in [6.45, 7) is 4.27. The molecule has 3 atom stereocenters. The molecule has 5 heteroatoms. The monoisotopic (exact) mass is 780 g/mol. The average molecular weight is 780 g/mol. The van der Waals surface area contributed by atoms with E-state index in [0.29, 0.717) is 12.8 Å². The van der Waals surface area contributed by atoms with Gasteiger partial charge >= 0.3 is 0 Å². The van der Waals surface area contributed by atoms with Gasteiger partial charge in [0.1, 0.15) is 6.10 Å². The zero-order chi connectivity index (χ0) is 40.1. The second-order valence-electron chi connectivity index (χ2n) is 17.7. The lowest BCUT2D eigenvalue weighted by Crippen LogP contribution is -2.49. The molecule has 0 bridgehead atoms. The van der Waals surface area contributed by atoms with Crippen LogP contribution in [0.1, 0.15) is 290 Å². The number of carbonyl (C=O) groups is 1. The zero-order valence-electron chi connectivity index (χ0n) is 37.6. The number of carbonyl (C=O) groups excluding carboxylic acids is 1. The molecule has 3 unspecified atom stereocenters. The van der Waals surface area contributed by atoms with E-state index >= 15 is 0 Å². The molecule has 0 aromatic carbocycles. The highest BCUT2D eigenvalue weighted by molar-refractivity contribution is 5.80. The van der Waals surface area contributed by atoms with Crippen molar-refractivity contribution in [2.45, 2.75) is 308 Å². The third kappa shape index (κ3) is 41.3. The minimum absolute atomic E-state index is 0.307. The lowest BCUT2D eigenvalue weighted by atomic mass is 10.0. The summed E-state index contributed by atoms with van der Waals surface area (Å²) in [4.78, 5) is 12.5. The minimum Gasteiger partial charge on any atom is -0.394 e. The standard InChI is InChI=1S/C50H101NO4/c1-3-5-7-9-11-13-15-17-19-21-23-24-25-26-27-29-30-32-34-36-38-40-42-44-48(53)47(46-52)51-50(55)49(54)45-43-41-39-37-35-33-31-28-22-20-18-16-14-12-10-8-6-4-2/h47-49,52-54H,3-46H2,1-2H3,(H,51,55). The van der Waals surface area contributed by atoms with Gasteiger partial charge in [0.05, 0.1) is 18.8 Å². The zero-order valence-corrected chi connectivity index (χ0v) is 37.6. The highest BCUT2D eigenvalue weighted by Crippen LogP contribution is 2.18. The molecule has 0 rings (SSSR count). The number of aliphatic hydroxyl groups is 3. The fourth-order valence-electron chi connectivity index (χ4n) is 8.25. The maximum Gasteiger partial charge on any atom is 0.249 e. The molecule has 0 radical (unpaired) electrons. The number of hydrogen-bond donors (Lipinski definition) is 4. The predicted molar refractivity (Wildman–Crippen MR) is 241 cm³/mol. The molecule has 1 amide bonds. The van der Waals surface area contributed by atoms with Crippen LogP contribution in [-0.2, 0) is 4.79 Å². The van der Waals surface area contributed by atoms with Crippen LogP contribution in [0, 0.1) is 0 Å². The molecule has 0 aromatic rings. The van der Waals surface area contributed by atoms with Gasteiger partial charge in [0.2, 0.25) is 5.91 Å². The molecule has 0 fully saturated rings. The fraction of sp³-hybridized carbons (Fsp3) is 0.980. The van der Waals surface area contributed by atoms with Crippen molar-refractivity contribution >= 4 is 5.91 Å². The Morgan fingerprint density at radius 1 is 0.364 bits per heavy atom. The highest BCUT2D eigenvalue weighted by atomic mass is 16.3. The van der Waals surface area contributed by atoms with Gasteiger partial charge in [-0.3, -0.25) is 4.79 Å². The highest BCUT2D eigenvalue weighted by Gasteiger charge is 2.23. The van der Waals surface area contributed by atoms with Crippen LogP contribution in [0.2, 0.25) is 0 Å². The number of amides is 1. The van der Waals surface area contributed by atoms with Crippen molar-refractivity contribution in [1.29, 1.82) is 0 Å². The quantitative estimate of drug-likeness (QED) is 0.0463. The predicted octanol–water partition coefficient (Wildman–Crippen LogP) is 15.0. The van der Waals surface area contributed by atoms with Gasteiger partial charge in [-0.2, -0.15) is 0 Å². The minimum atomic E-state index is -1.07. The Bertz CT molecular complexity index is 733. The van der Waals surface area contributed by atoms with Crippen LogP contribution in [0.15, 0.2) is 0 Å². The van der Waals surface area contributed by atoms with Gasteiger partial charge in [-0.05, 0) is 12.8 Å². The Balaban J connectivity index is 3.53. The van der Waals surface area contributed by atoms with Crippen LogP contribution in [0.3, 0.4) is 0 Å². The van der Waals surface area contributed by atoms with Crippen molar-refractivity contribution in [2.24, 2.45) is 0 Å². The first-order chi connectivity index (χ1) is 27.1. The van der Waals surface area contributed by atoms with Crippen molar-refractivity contribution in [1.82, 2.24) is 5.32 Å². The molecule has 0 aliphatic rings. The molecule has 0 spiro atoms. The van der Waals surface area contributed by atoms with Crippen molar-refractivity contribution in [3.8, 4) is 0 Å². The van der Waals surface area contributed by atoms with E-state index in [1.807, 2.05) is 0 Å². The molecule has 55 heavy (non-hydrogen) atoms. The molecule has 0 saturated heterocycles. The van der Waals surface area contributed by atoms with Crippen LogP contribution in [0.5, 0.6) is 0 Å². The van der Waals surface area contributed by atoms with Gasteiger partial charge in [-0.15, -0.1) is 0 Å². The van der Waals surface area contributed by atoms with Gasteiger partial charge < -0.3 is 20.6 Å². The van der Waals surface area contributed by atoms with Crippen molar-refractivity contribution in [3.63, 3.8) is 0 Å². The van der Waals surface area contributed by atoms with E-state index in [-0.39, 0.29) is 6.61 Å². The second kappa shape index (κ2) is 46.0. The van der Waals surface area contributed by atoms with Gasteiger partial charge in [0, 0.05) is 0 Å². The number of rotatable bonds is 47. The Morgan fingerprint density at radius 3 is 0.818 bits per heavy atom. The first-order valence-corrected chi connectivity index (χ1v) is 25.3. The van der Waals surface area contributed by atoms with E-state index in [1.165, 1.54) is 231 Å². The van der Waals surface area contributed by atoms with Crippen molar-refractivity contribution in [2.75, 3.05) is 6.61 Å². The Kier molecular flexibility index (Phi) is 45.5. The summed E-state index contributed by atoms with van der Waals surface area (Å²) in [5.41, 5.74) is 0. The lowest BCUT2D eigenvalue weighted by Gasteiger charge is -2.23. The number of aliphatic hydroxyl groups excluding tert-OH is 3. The molecule has 0 aromatic heterocycles. The largest absolute Gasteiger partial charge is 0.394 e. The van der Waals surface area contributed by atoms with Crippen LogP contribution in [0.25, 0.3) is 0 Å². The normalized spacial score (nSPS) is 13.3. The first kappa shape index (κ1) is 54.3. The first-order valence-electron chi connectivity index (χ1n) is 25.3. The van der Waals surface area contributed by atoms with Crippen LogP contribution in [0.4, 0.5) is 0 Å². The van der Waals surface area contributed by atoms with Crippen LogP contribution < -0.4 is 5.32 Å². The SMILES string of the molecule is CCCCCCCCCCCCCCCCCCCCCCCCCC(O)C(CO)NC(=O)C(O)CCCCCCCCCCCCCCCCCCCC. The lowest BCUT2D eigenvalue weighted by molar-refractivity contribution is -0.131. The third-order valence-electron chi connectivity index (χ3n) is 12.2. The third-order valence-corrected chi connectivity index (χ3v) is 12.2. The Morgan fingerprint density at radius 2 is 0.582 bits per heavy atom. The number of nitrogens with one attached hydrogen (secondary N) is 1.